The number of carbonyl (C=O) groups excluding carboxylic acids is 1. The van der Waals surface area contributed by atoms with Gasteiger partial charge in [0.15, 0.2) is 0 Å². The Morgan fingerprint density at radius 1 is 1.41 bits per heavy atom. The monoisotopic (exact) mass is 374 g/mol. The molecule has 27 heavy (non-hydrogen) atoms. The molecule has 3 heterocycles. The van der Waals surface area contributed by atoms with Crippen molar-refractivity contribution >= 4 is 16.9 Å². The summed E-state index contributed by atoms with van der Waals surface area (Å²) in [6.07, 6.45) is 3.47. The van der Waals surface area contributed by atoms with Gasteiger partial charge in [-0.1, -0.05) is 13.3 Å². The lowest BCUT2D eigenvalue weighted by atomic mass is 9.77. The average Bonchev–Trinajstić information content (AvgIpc) is 2.65. The quantitative estimate of drug-likeness (QED) is 0.828. The Kier molecular flexibility index (Phi) is 5.19. The number of hydrogen-bond acceptors (Lipinski definition) is 5. The lowest BCUT2D eigenvalue weighted by Crippen LogP contribution is -2.48. The van der Waals surface area contributed by atoms with Crippen molar-refractivity contribution in [2.45, 2.75) is 39.5 Å². The summed E-state index contributed by atoms with van der Waals surface area (Å²) in [7, 11) is 1.51. The molecule has 3 rings (SSSR count). The van der Waals surface area contributed by atoms with Crippen molar-refractivity contribution in [2.24, 2.45) is 12.5 Å². The number of rotatable bonds is 4. The van der Waals surface area contributed by atoms with Crippen molar-refractivity contribution < 1.29 is 9.90 Å². The number of likely N-dealkylation sites (tertiary alicyclic amines) is 1. The van der Waals surface area contributed by atoms with Crippen LogP contribution in [-0.2, 0) is 7.05 Å². The molecule has 0 radical (unpaired) electrons. The Bertz CT molecular complexity index is 990. The number of aliphatic hydroxyl groups excluding tert-OH is 1. The van der Waals surface area contributed by atoms with Crippen molar-refractivity contribution in [2.75, 3.05) is 19.7 Å². The highest BCUT2D eigenvalue weighted by atomic mass is 16.3. The normalized spacial score (nSPS) is 20.2. The van der Waals surface area contributed by atoms with Crippen LogP contribution in [0.5, 0.6) is 0 Å². The second kappa shape index (κ2) is 7.26. The molecule has 146 valence electrons. The van der Waals surface area contributed by atoms with Crippen molar-refractivity contribution in [1.82, 2.24) is 19.4 Å². The van der Waals surface area contributed by atoms with E-state index in [1.807, 2.05) is 0 Å². The van der Waals surface area contributed by atoms with E-state index in [4.69, 9.17) is 0 Å². The van der Waals surface area contributed by atoms with Gasteiger partial charge < -0.3 is 10.0 Å². The third kappa shape index (κ3) is 3.41. The first-order valence-electron chi connectivity index (χ1n) is 9.32. The molecule has 1 aliphatic heterocycles. The van der Waals surface area contributed by atoms with Crippen LogP contribution in [0.1, 0.15) is 48.7 Å². The Morgan fingerprint density at radius 2 is 2.15 bits per heavy atom. The van der Waals surface area contributed by atoms with Gasteiger partial charge in [0.05, 0.1) is 17.6 Å². The van der Waals surface area contributed by atoms with E-state index >= 15 is 0 Å². The van der Waals surface area contributed by atoms with Gasteiger partial charge >= 0.3 is 5.69 Å². The van der Waals surface area contributed by atoms with Gasteiger partial charge in [-0.3, -0.25) is 19.1 Å². The maximum atomic E-state index is 13.3. The molecule has 0 bridgehead atoms. The first kappa shape index (κ1) is 19.3. The number of fused-ring (bicyclic) bond motifs is 1. The Hall–Kier alpha value is -2.48. The molecule has 0 aliphatic carbocycles. The predicted octanol–water partition coefficient (Wildman–Crippen LogP) is 0.945. The van der Waals surface area contributed by atoms with Crippen molar-refractivity contribution in [1.29, 1.82) is 0 Å². The standard InChI is InChI=1S/C19H26N4O4/c1-4-6-19(11-24)7-5-8-23(10-19)17(26)13-9-12(2)20-15-14(13)16(25)21-18(27)22(15)3/h9,24H,4-8,10-11H2,1-3H3,(H,21,25,27). The van der Waals surface area contributed by atoms with Crippen molar-refractivity contribution in [3.63, 3.8) is 0 Å². The van der Waals surface area contributed by atoms with Crippen LogP contribution in [0.25, 0.3) is 11.0 Å². The summed E-state index contributed by atoms with van der Waals surface area (Å²) in [6.45, 7) is 4.88. The number of amides is 1. The second-order valence-corrected chi connectivity index (χ2v) is 7.57. The highest BCUT2D eigenvalue weighted by Gasteiger charge is 2.36. The summed E-state index contributed by atoms with van der Waals surface area (Å²) in [5.41, 5.74) is -0.455. The lowest BCUT2D eigenvalue weighted by Gasteiger charge is -2.42. The van der Waals surface area contributed by atoms with Crippen molar-refractivity contribution in [3.05, 3.63) is 38.2 Å². The van der Waals surface area contributed by atoms with Gasteiger partial charge in [0.2, 0.25) is 0 Å². The van der Waals surface area contributed by atoms with E-state index in [2.05, 4.69) is 16.9 Å². The van der Waals surface area contributed by atoms with Crippen LogP contribution in [-0.4, -0.2) is 50.1 Å². The van der Waals surface area contributed by atoms with E-state index in [1.165, 1.54) is 11.6 Å². The molecule has 0 aromatic carbocycles. The molecule has 1 amide bonds. The molecule has 8 nitrogen and oxygen atoms in total. The molecular formula is C19H26N4O4. The topological polar surface area (TPSA) is 108 Å². The van der Waals surface area contributed by atoms with Crippen LogP contribution in [0, 0.1) is 12.3 Å². The maximum Gasteiger partial charge on any atom is 0.329 e. The largest absolute Gasteiger partial charge is 0.396 e. The molecule has 0 saturated carbocycles. The molecule has 2 aromatic heterocycles. The highest BCUT2D eigenvalue weighted by Crippen LogP contribution is 2.35. The van der Waals surface area contributed by atoms with Gasteiger partial charge in [0.1, 0.15) is 5.65 Å². The first-order chi connectivity index (χ1) is 12.8. The summed E-state index contributed by atoms with van der Waals surface area (Å²) in [4.78, 5) is 45.9. The van der Waals surface area contributed by atoms with Crippen LogP contribution in [0.2, 0.25) is 0 Å². The van der Waals surface area contributed by atoms with Crippen LogP contribution >= 0.6 is 0 Å². The third-order valence-electron chi connectivity index (χ3n) is 5.49. The number of pyridine rings is 1. The molecule has 0 spiro atoms. The van der Waals surface area contributed by atoms with E-state index < -0.39 is 11.2 Å². The van der Waals surface area contributed by atoms with Crippen LogP contribution in [0.4, 0.5) is 0 Å². The Balaban J connectivity index is 2.10. The number of hydrogen-bond donors (Lipinski definition) is 2. The zero-order valence-corrected chi connectivity index (χ0v) is 16.0. The zero-order valence-electron chi connectivity index (χ0n) is 16.0. The summed E-state index contributed by atoms with van der Waals surface area (Å²) >= 11 is 0. The van der Waals surface area contributed by atoms with E-state index in [0.29, 0.717) is 18.8 Å². The zero-order chi connectivity index (χ0) is 19.8. The molecule has 1 aliphatic rings. The number of nitrogens with one attached hydrogen (secondary N) is 1. The predicted molar refractivity (Wildman–Crippen MR) is 102 cm³/mol. The number of aryl methyl sites for hydroxylation is 2. The van der Waals surface area contributed by atoms with E-state index in [-0.39, 0.29) is 34.5 Å². The number of aromatic amines is 1. The first-order valence-corrected chi connectivity index (χ1v) is 9.32. The summed E-state index contributed by atoms with van der Waals surface area (Å²) in [6, 6.07) is 1.60. The van der Waals surface area contributed by atoms with E-state index in [1.54, 1.807) is 17.9 Å². The summed E-state index contributed by atoms with van der Waals surface area (Å²) < 4.78 is 1.24. The molecule has 2 N–H and O–H groups in total. The van der Waals surface area contributed by atoms with Crippen LogP contribution in [0.15, 0.2) is 15.7 Å². The molecule has 1 fully saturated rings. The fourth-order valence-corrected chi connectivity index (χ4v) is 4.13. The molecule has 1 saturated heterocycles. The smallest absolute Gasteiger partial charge is 0.329 e. The summed E-state index contributed by atoms with van der Waals surface area (Å²) in [5.74, 6) is -0.261. The lowest BCUT2D eigenvalue weighted by molar-refractivity contribution is 0.0223. The number of piperidine rings is 1. The van der Waals surface area contributed by atoms with Gasteiger partial charge in [-0.2, -0.15) is 0 Å². The fourth-order valence-electron chi connectivity index (χ4n) is 4.13. The molecule has 1 unspecified atom stereocenters. The number of nitrogens with zero attached hydrogens (tertiary/aromatic N) is 3. The average molecular weight is 374 g/mol. The maximum absolute atomic E-state index is 13.3. The van der Waals surface area contributed by atoms with E-state index in [9.17, 15) is 19.5 Å². The highest BCUT2D eigenvalue weighted by molar-refractivity contribution is 6.05. The number of aliphatic hydroxyl groups is 1. The molecule has 2 aromatic rings. The van der Waals surface area contributed by atoms with Crippen molar-refractivity contribution in [3.8, 4) is 0 Å². The molecule has 1 atom stereocenters. The van der Waals surface area contributed by atoms with Gasteiger partial charge in [0, 0.05) is 31.2 Å². The van der Waals surface area contributed by atoms with Gasteiger partial charge in [-0.05, 0) is 32.3 Å². The number of aromatic nitrogens is 3. The minimum absolute atomic E-state index is 0.0375. The van der Waals surface area contributed by atoms with Gasteiger partial charge in [-0.25, -0.2) is 9.78 Å². The summed E-state index contributed by atoms with van der Waals surface area (Å²) in [5, 5.41) is 10.1. The van der Waals surface area contributed by atoms with Gasteiger partial charge in [0.25, 0.3) is 11.5 Å². The van der Waals surface area contributed by atoms with Crippen LogP contribution < -0.4 is 11.2 Å². The Morgan fingerprint density at radius 3 is 2.81 bits per heavy atom. The van der Waals surface area contributed by atoms with E-state index in [0.717, 1.165) is 25.7 Å². The Labute approximate surface area is 156 Å². The van der Waals surface area contributed by atoms with Crippen LogP contribution in [0.3, 0.4) is 0 Å². The fraction of sp³-hybridized carbons (Fsp3) is 0.579. The van der Waals surface area contributed by atoms with Gasteiger partial charge in [-0.15, -0.1) is 0 Å². The number of H-pyrrole nitrogens is 1. The minimum Gasteiger partial charge on any atom is -0.396 e. The molecule has 8 heteroatoms. The SMILES string of the molecule is CCCC1(CO)CCCN(C(=O)c2cc(C)nc3c2c(=O)[nH]c(=O)n3C)C1. The number of carbonyl (C=O) groups is 1. The molecular weight excluding hydrogens is 348 g/mol. The minimum atomic E-state index is -0.608. The third-order valence-corrected chi connectivity index (χ3v) is 5.49. The second-order valence-electron chi connectivity index (χ2n) is 7.57.